The summed E-state index contributed by atoms with van der Waals surface area (Å²) in [5.41, 5.74) is 1.12. The first-order valence-corrected chi connectivity index (χ1v) is 11.1. The van der Waals surface area contributed by atoms with E-state index in [1.54, 1.807) is 31.4 Å². The van der Waals surface area contributed by atoms with Crippen LogP contribution in [0.15, 0.2) is 66.3 Å². The van der Waals surface area contributed by atoms with E-state index in [0.29, 0.717) is 52.7 Å². The summed E-state index contributed by atoms with van der Waals surface area (Å²) >= 11 is 0. The molecule has 190 valence electrons. The smallest absolute Gasteiger partial charge is 0.307 e. The van der Waals surface area contributed by atoms with Crippen molar-refractivity contribution < 1.29 is 38.4 Å². The van der Waals surface area contributed by atoms with Crippen molar-refractivity contribution in [3.63, 3.8) is 0 Å². The van der Waals surface area contributed by atoms with Gasteiger partial charge >= 0.3 is 5.97 Å². The van der Waals surface area contributed by atoms with Gasteiger partial charge in [0, 0.05) is 30.7 Å². The number of carboxylic acid groups (broad SMARTS) is 1. The summed E-state index contributed by atoms with van der Waals surface area (Å²) < 4.78 is 21.7. The molecule has 0 bridgehead atoms. The van der Waals surface area contributed by atoms with Gasteiger partial charge in [-0.15, -0.1) is 0 Å². The molecule has 0 radical (unpaired) electrons. The zero-order valence-electron chi connectivity index (χ0n) is 20.0. The molecule has 1 aliphatic carbocycles. The van der Waals surface area contributed by atoms with Crippen LogP contribution in [0.5, 0.6) is 17.2 Å². The summed E-state index contributed by atoms with van der Waals surface area (Å²) in [7, 11) is 3.07. The highest BCUT2D eigenvalue weighted by Gasteiger charge is 2.23. The monoisotopic (exact) mass is 505 g/mol. The molecule has 1 aromatic heterocycles. The lowest BCUT2D eigenvalue weighted by molar-refractivity contribution is -0.136. The van der Waals surface area contributed by atoms with Gasteiger partial charge in [0.1, 0.15) is 24.5 Å². The van der Waals surface area contributed by atoms with Crippen LogP contribution in [-0.4, -0.2) is 60.0 Å². The predicted molar refractivity (Wildman–Crippen MR) is 132 cm³/mol. The summed E-state index contributed by atoms with van der Waals surface area (Å²) in [6.45, 7) is 0.721. The number of benzene rings is 2. The van der Waals surface area contributed by atoms with E-state index in [9.17, 15) is 14.4 Å². The van der Waals surface area contributed by atoms with E-state index in [1.165, 1.54) is 25.6 Å². The van der Waals surface area contributed by atoms with E-state index in [0.717, 1.165) is 12.2 Å². The summed E-state index contributed by atoms with van der Waals surface area (Å²) in [6, 6.07) is 9.57. The average molecular weight is 505 g/mol. The van der Waals surface area contributed by atoms with Gasteiger partial charge in [-0.3, -0.25) is 14.4 Å². The molecular formula is C26H23N3O8. The Morgan fingerprint density at radius 3 is 2.46 bits per heavy atom. The van der Waals surface area contributed by atoms with Crippen molar-refractivity contribution in [2.24, 2.45) is 0 Å². The minimum atomic E-state index is -0.958. The number of carboxylic acids is 1. The molecule has 1 heterocycles. The number of aliphatic carboxylic acids is 1. The van der Waals surface area contributed by atoms with Crippen molar-refractivity contribution >= 4 is 34.3 Å². The first-order chi connectivity index (χ1) is 17.9. The van der Waals surface area contributed by atoms with Gasteiger partial charge < -0.3 is 29.4 Å². The maximum atomic E-state index is 12.8. The average Bonchev–Trinajstić information content (AvgIpc) is 2.87. The highest BCUT2D eigenvalue weighted by atomic mass is 16.5. The van der Waals surface area contributed by atoms with Crippen molar-refractivity contribution in [1.82, 2.24) is 9.97 Å². The van der Waals surface area contributed by atoms with E-state index >= 15 is 0 Å². The van der Waals surface area contributed by atoms with Gasteiger partial charge in [-0.05, 0) is 23.8 Å². The van der Waals surface area contributed by atoms with E-state index < -0.39 is 17.5 Å². The van der Waals surface area contributed by atoms with Gasteiger partial charge in [0.15, 0.2) is 17.3 Å². The Labute approximate surface area is 211 Å². The zero-order chi connectivity index (χ0) is 26.4. The van der Waals surface area contributed by atoms with Crippen molar-refractivity contribution in [3.8, 4) is 17.2 Å². The molecule has 0 amide bonds. The number of ketones is 2. The Balaban J connectivity index is 1.52. The third kappa shape index (κ3) is 6.08. The first-order valence-electron chi connectivity index (χ1n) is 11.1. The van der Waals surface area contributed by atoms with Gasteiger partial charge in [0.25, 0.3) is 0 Å². The Hall–Kier alpha value is -4.77. The van der Waals surface area contributed by atoms with E-state index in [4.69, 9.17) is 24.1 Å². The Bertz CT molecular complexity index is 1410. The van der Waals surface area contributed by atoms with Crippen LogP contribution >= 0.6 is 0 Å². The van der Waals surface area contributed by atoms with Crippen LogP contribution in [0.3, 0.4) is 0 Å². The number of ether oxygens (including phenoxy) is 4. The number of carbonyl (C=O) groups excluding carboxylic acids is 2. The maximum Gasteiger partial charge on any atom is 0.307 e. The Morgan fingerprint density at radius 1 is 0.973 bits per heavy atom. The molecule has 0 spiro atoms. The summed E-state index contributed by atoms with van der Waals surface area (Å²) in [6.07, 6.45) is 3.40. The molecule has 0 unspecified atom stereocenters. The Morgan fingerprint density at radius 2 is 1.76 bits per heavy atom. The van der Waals surface area contributed by atoms with Crippen molar-refractivity contribution in [2.75, 3.05) is 32.8 Å². The van der Waals surface area contributed by atoms with Crippen molar-refractivity contribution in [3.05, 3.63) is 71.9 Å². The molecule has 3 aromatic rings. The number of allylic oxidation sites excluding steroid dienone is 2. The number of hydrogen-bond donors (Lipinski definition) is 2. The van der Waals surface area contributed by atoms with Gasteiger partial charge in [-0.1, -0.05) is 12.1 Å². The molecule has 37 heavy (non-hydrogen) atoms. The van der Waals surface area contributed by atoms with Crippen LogP contribution in [0.4, 0.5) is 5.82 Å². The largest absolute Gasteiger partial charge is 0.493 e. The van der Waals surface area contributed by atoms with Gasteiger partial charge in [0.2, 0.25) is 11.6 Å². The number of rotatable bonds is 11. The van der Waals surface area contributed by atoms with Gasteiger partial charge in [-0.25, -0.2) is 9.97 Å². The molecule has 2 N–H and O–H groups in total. The van der Waals surface area contributed by atoms with E-state index in [-0.39, 0.29) is 17.9 Å². The summed E-state index contributed by atoms with van der Waals surface area (Å²) in [4.78, 5) is 44.7. The van der Waals surface area contributed by atoms with Crippen LogP contribution in [0.2, 0.25) is 0 Å². The third-order valence-electron chi connectivity index (χ3n) is 5.27. The van der Waals surface area contributed by atoms with Crippen LogP contribution in [-0.2, 0) is 25.5 Å². The second-order valence-electron chi connectivity index (χ2n) is 7.82. The maximum absolute atomic E-state index is 12.8. The van der Waals surface area contributed by atoms with E-state index in [2.05, 4.69) is 15.3 Å². The summed E-state index contributed by atoms with van der Waals surface area (Å²) in [5, 5.41) is 12.3. The number of nitrogens with one attached hydrogen (secondary N) is 1. The summed E-state index contributed by atoms with van der Waals surface area (Å²) in [5.74, 6) is -0.632. The van der Waals surface area contributed by atoms with Gasteiger partial charge in [-0.2, -0.15) is 0 Å². The molecule has 1 aliphatic rings. The minimum Gasteiger partial charge on any atom is -0.493 e. The highest BCUT2D eigenvalue weighted by molar-refractivity contribution is 6.20. The molecule has 0 fully saturated rings. The minimum absolute atomic E-state index is 0.00791. The van der Waals surface area contributed by atoms with Crippen LogP contribution in [0, 0.1) is 0 Å². The lowest BCUT2D eigenvalue weighted by atomic mass is 10.1. The topological polar surface area (TPSA) is 146 Å². The fourth-order valence-corrected chi connectivity index (χ4v) is 3.49. The van der Waals surface area contributed by atoms with E-state index in [1.807, 2.05) is 0 Å². The number of carbonyl (C=O) groups is 3. The third-order valence-corrected chi connectivity index (χ3v) is 5.27. The second kappa shape index (κ2) is 11.3. The molecule has 0 saturated heterocycles. The highest BCUT2D eigenvalue weighted by Crippen LogP contribution is 2.34. The SMILES string of the molecule is COCCOc1cc2ncnc(NC3=CC(=O)C(Oc4ccc(CC(=O)O)cc4)=CC3=O)c2cc1OC. The van der Waals surface area contributed by atoms with Gasteiger partial charge in [0.05, 0.1) is 31.4 Å². The number of hydrogen-bond acceptors (Lipinski definition) is 10. The molecule has 2 aromatic carbocycles. The molecule has 4 rings (SSSR count). The fourth-order valence-electron chi connectivity index (χ4n) is 3.49. The molecule has 0 saturated carbocycles. The first kappa shape index (κ1) is 25.3. The zero-order valence-corrected chi connectivity index (χ0v) is 20.0. The van der Waals surface area contributed by atoms with Crippen LogP contribution in [0.25, 0.3) is 10.9 Å². The molecular weight excluding hydrogens is 482 g/mol. The molecule has 0 aliphatic heterocycles. The van der Waals surface area contributed by atoms with Crippen molar-refractivity contribution in [2.45, 2.75) is 6.42 Å². The molecule has 0 atom stereocenters. The van der Waals surface area contributed by atoms with Crippen LogP contribution < -0.4 is 19.5 Å². The second-order valence-corrected chi connectivity index (χ2v) is 7.82. The Kier molecular flexibility index (Phi) is 7.74. The van der Waals surface area contributed by atoms with Crippen LogP contribution in [0.1, 0.15) is 5.56 Å². The molecule has 11 heteroatoms. The molecule has 11 nitrogen and oxygen atoms in total. The fraction of sp³-hybridized carbons (Fsp3) is 0.192. The number of fused-ring (bicyclic) bond motifs is 1. The van der Waals surface area contributed by atoms with Crippen molar-refractivity contribution in [1.29, 1.82) is 0 Å². The quantitative estimate of drug-likeness (QED) is 0.293. The number of anilines is 1. The predicted octanol–water partition coefficient (Wildman–Crippen LogP) is 2.70. The lowest BCUT2D eigenvalue weighted by Crippen LogP contribution is -2.21. The number of aromatic nitrogens is 2. The standard InChI is InChI=1S/C26H23N3O8/c1-34-7-8-36-24-12-18-17(10-23(24)35-2)26(28-14-27-18)29-19-11-21(31)22(13-20(19)30)37-16-5-3-15(4-6-16)9-25(32)33/h3-6,10-14H,7-9H2,1-2H3,(H,32,33)(H,27,28,29). The lowest BCUT2D eigenvalue weighted by Gasteiger charge is -2.16. The number of nitrogens with zero attached hydrogens (tertiary/aromatic N) is 2. The number of methoxy groups -OCH3 is 2. The normalized spacial score (nSPS) is 13.1.